The summed E-state index contributed by atoms with van der Waals surface area (Å²) < 4.78 is 3.95. The van der Waals surface area contributed by atoms with Gasteiger partial charge in [-0.25, -0.2) is 9.97 Å². The van der Waals surface area contributed by atoms with Crippen LogP contribution < -0.4 is 5.56 Å². The Morgan fingerprint density at radius 2 is 1.88 bits per heavy atom. The summed E-state index contributed by atoms with van der Waals surface area (Å²) in [5.74, 6) is 1.31. The number of hydrogen-bond donors (Lipinski definition) is 0. The van der Waals surface area contributed by atoms with Crippen molar-refractivity contribution >= 4 is 32.6 Å². The Labute approximate surface area is 190 Å². The molecule has 0 bridgehead atoms. The molecule has 0 aliphatic heterocycles. The van der Waals surface area contributed by atoms with Crippen LogP contribution in [0.4, 0.5) is 0 Å². The molecule has 1 unspecified atom stereocenters. The van der Waals surface area contributed by atoms with Gasteiger partial charge in [0, 0.05) is 18.0 Å². The Kier molecular flexibility index (Phi) is 4.68. The van der Waals surface area contributed by atoms with E-state index in [0.29, 0.717) is 19.0 Å². The molecule has 1 aliphatic carbocycles. The predicted octanol–water partition coefficient (Wildman–Crippen LogP) is 5.09. The van der Waals surface area contributed by atoms with Crippen LogP contribution in [-0.2, 0) is 25.9 Å². The van der Waals surface area contributed by atoms with E-state index in [2.05, 4.69) is 45.9 Å². The van der Waals surface area contributed by atoms with E-state index in [1.165, 1.54) is 16.0 Å². The lowest BCUT2D eigenvalue weighted by molar-refractivity contribution is 0.557. The summed E-state index contributed by atoms with van der Waals surface area (Å²) in [5, 5.41) is 0.845. The number of para-hydroxylation sites is 2. The summed E-state index contributed by atoms with van der Waals surface area (Å²) in [5.41, 5.74) is 4.80. The monoisotopic (exact) mass is 440 g/mol. The number of fused-ring (bicyclic) bond motifs is 4. The van der Waals surface area contributed by atoms with Crippen LogP contribution in [0.2, 0.25) is 0 Å². The van der Waals surface area contributed by atoms with E-state index in [1.54, 1.807) is 11.3 Å². The Morgan fingerprint density at radius 1 is 1.06 bits per heavy atom. The molecule has 0 radical (unpaired) electrons. The minimum Gasteiger partial charge on any atom is -0.329 e. The van der Waals surface area contributed by atoms with Gasteiger partial charge in [0.05, 0.1) is 22.7 Å². The number of aromatic nitrogens is 4. The molecule has 0 fully saturated rings. The summed E-state index contributed by atoms with van der Waals surface area (Å²) in [4.78, 5) is 25.1. The smallest absolute Gasteiger partial charge is 0.262 e. The summed E-state index contributed by atoms with van der Waals surface area (Å²) in [6.45, 7) is 3.22. The lowest BCUT2D eigenvalue weighted by Crippen LogP contribution is -2.26. The molecule has 0 amide bonds. The van der Waals surface area contributed by atoms with Gasteiger partial charge < -0.3 is 4.57 Å². The molecular weight excluding hydrogens is 416 g/mol. The third kappa shape index (κ3) is 3.17. The third-order valence-electron chi connectivity index (χ3n) is 6.72. The standard InChI is InChI=1S/C26H24N4OS/c1-17-28-25-24(20-12-11-19(15-23(20)32-25)18-7-3-2-4-8-18)26(31)30(17)14-13-29-16-27-21-9-5-6-10-22(21)29/h2-10,16,19H,11-15H2,1H3. The molecule has 6 heteroatoms. The zero-order valence-electron chi connectivity index (χ0n) is 18.0. The second kappa shape index (κ2) is 7.71. The topological polar surface area (TPSA) is 52.7 Å². The van der Waals surface area contributed by atoms with E-state index in [-0.39, 0.29) is 5.56 Å². The van der Waals surface area contributed by atoms with Crippen LogP contribution in [0.5, 0.6) is 0 Å². The van der Waals surface area contributed by atoms with Crippen molar-refractivity contribution in [2.75, 3.05) is 0 Å². The minimum absolute atomic E-state index is 0.104. The second-order valence-electron chi connectivity index (χ2n) is 8.58. The fourth-order valence-electron chi connectivity index (χ4n) is 5.03. The first-order valence-electron chi connectivity index (χ1n) is 11.2. The summed E-state index contributed by atoms with van der Waals surface area (Å²) >= 11 is 1.71. The van der Waals surface area contributed by atoms with Crippen LogP contribution in [0.25, 0.3) is 21.3 Å². The summed E-state index contributed by atoms with van der Waals surface area (Å²) in [6, 6.07) is 18.8. The molecule has 3 aromatic heterocycles. The van der Waals surface area contributed by atoms with Crippen molar-refractivity contribution in [3.8, 4) is 0 Å². The van der Waals surface area contributed by atoms with Crippen LogP contribution in [0.15, 0.2) is 65.7 Å². The lowest BCUT2D eigenvalue weighted by Gasteiger charge is -2.22. The van der Waals surface area contributed by atoms with E-state index in [1.807, 2.05) is 36.0 Å². The van der Waals surface area contributed by atoms with Gasteiger partial charge in [-0.15, -0.1) is 11.3 Å². The summed E-state index contributed by atoms with van der Waals surface area (Å²) in [6.07, 6.45) is 4.88. The van der Waals surface area contributed by atoms with Crippen LogP contribution in [0.1, 0.15) is 34.2 Å². The molecule has 0 saturated carbocycles. The maximum Gasteiger partial charge on any atom is 0.262 e. The SMILES string of the molecule is Cc1nc2sc3c(c2c(=O)n1CCn1cnc2ccccc21)CCC(c1ccccc1)C3. The molecular formula is C26H24N4OS. The van der Waals surface area contributed by atoms with E-state index in [9.17, 15) is 4.79 Å². The highest BCUT2D eigenvalue weighted by atomic mass is 32.1. The van der Waals surface area contributed by atoms with E-state index in [0.717, 1.165) is 46.3 Å². The van der Waals surface area contributed by atoms with Crippen LogP contribution in [-0.4, -0.2) is 19.1 Å². The molecule has 1 aliphatic rings. The van der Waals surface area contributed by atoms with E-state index < -0.39 is 0 Å². The maximum atomic E-state index is 13.6. The normalized spacial score (nSPS) is 16.0. The van der Waals surface area contributed by atoms with Crippen molar-refractivity contribution in [3.63, 3.8) is 0 Å². The number of hydrogen-bond acceptors (Lipinski definition) is 4. The first-order valence-corrected chi connectivity index (χ1v) is 12.0. The van der Waals surface area contributed by atoms with Crippen LogP contribution in [0.3, 0.4) is 0 Å². The van der Waals surface area contributed by atoms with Gasteiger partial charge in [0.2, 0.25) is 0 Å². The van der Waals surface area contributed by atoms with E-state index >= 15 is 0 Å². The van der Waals surface area contributed by atoms with Gasteiger partial charge in [-0.05, 0) is 55.4 Å². The number of thiophene rings is 1. The molecule has 5 nitrogen and oxygen atoms in total. The Bertz CT molecular complexity index is 1500. The molecule has 6 rings (SSSR count). The van der Waals surface area contributed by atoms with Gasteiger partial charge in [-0.2, -0.15) is 0 Å². The number of benzene rings is 2. The first kappa shape index (κ1) is 19.4. The average Bonchev–Trinajstić information content (AvgIpc) is 3.40. The number of imidazole rings is 1. The van der Waals surface area contributed by atoms with Crippen molar-refractivity contribution in [2.24, 2.45) is 0 Å². The van der Waals surface area contributed by atoms with Crippen molar-refractivity contribution in [2.45, 2.75) is 45.2 Å². The van der Waals surface area contributed by atoms with Crippen LogP contribution >= 0.6 is 11.3 Å². The largest absolute Gasteiger partial charge is 0.329 e. The molecule has 3 heterocycles. The molecule has 5 aromatic rings. The molecule has 0 saturated heterocycles. The van der Waals surface area contributed by atoms with Crippen LogP contribution in [0, 0.1) is 6.92 Å². The highest BCUT2D eigenvalue weighted by Crippen LogP contribution is 2.39. The van der Waals surface area contributed by atoms with Gasteiger partial charge in [0.15, 0.2) is 0 Å². The molecule has 1 atom stereocenters. The number of aryl methyl sites for hydroxylation is 3. The molecule has 0 spiro atoms. The Morgan fingerprint density at radius 3 is 2.75 bits per heavy atom. The van der Waals surface area contributed by atoms with E-state index in [4.69, 9.17) is 4.98 Å². The van der Waals surface area contributed by atoms with Crippen molar-refractivity contribution < 1.29 is 0 Å². The number of rotatable bonds is 4. The molecule has 0 N–H and O–H groups in total. The second-order valence-corrected chi connectivity index (χ2v) is 9.66. The number of nitrogens with zero attached hydrogens (tertiary/aromatic N) is 4. The fourth-order valence-corrected chi connectivity index (χ4v) is 6.36. The third-order valence-corrected chi connectivity index (χ3v) is 7.87. The average molecular weight is 441 g/mol. The lowest BCUT2D eigenvalue weighted by atomic mass is 9.83. The fraction of sp³-hybridized carbons (Fsp3) is 0.269. The van der Waals surface area contributed by atoms with Gasteiger partial charge in [0.1, 0.15) is 10.7 Å². The van der Waals surface area contributed by atoms with Gasteiger partial charge in [0.25, 0.3) is 5.56 Å². The maximum absolute atomic E-state index is 13.6. The zero-order chi connectivity index (χ0) is 21.7. The van der Waals surface area contributed by atoms with Gasteiger partial charge in [-0.3, -0.25) is 9.36 Å². The van der Waals surface area contributed by atoms with Crippen molar-refractivity contribution in [1.29, 1.82) is 0 Å². The molecule has 2 aromatic carbocycles. The van der Waals surface area contributed by atoms with Gasteiger partial charge in [-0.1, -0.05) is 42.5 Å². The minimum atomic E-state index is 0.104. The molecule has 32 heavy (non-hydrogen) atoms. The van der Waals surface area contributed by atoms with Gasteiger partial charge >= 0.3 is 0 Å². The Balaban J connectivity index is 1.34. The zero-order valence-corrected chi connectivity index (χ0v) is 18.8. The quantitative estimate of drug-likeness (QED) is 0.391. The summed E-state index contributed by atoms with van der Waals surface area (Å²) in [7, 11) is 0. The molecule has 160 valence electrons. The highest BCUT2D eigenvalue weighted by Gasteiger charge is 2.26. The predicted molar refractivity (Wildman–Crippen MR) is 130 cm³/mol. The van der Waals surface area contributed by atoms with Crippen molar-refractivity contribution in [3.05, 3.63) is 93.1 Å². The first-order chi connectivity index (χ1) is 15.7. The highest BCUT2D eigenvalue weighted by molar-refractivity contribution is 7.18. The Hall–Kier alpha value is -3.25. The van der Waals surface area contributed by atoms with Crippen molar-refractivity contribution in [1.82, 2.24) is 19.1 Å².